The summed E-state index contributed by atoms with van der Waals surface area (Å²) in [6, 6.07) is 30.1. The van der Waals surface area contributed by atoms with E-state index in [-0.39, 0.29) is 68.6 Å². The number of fused-ring (bicyclic) bond motifs is 3. The van der Waals surface area contributed by atoms with Gasteiger partial charge in [-0.05, 0) is 130 Å². The van der Waals surface area contributed by atoms with Crippen molar-refractivity contribution in [2.75, 3.05) is 19.8 Å². The first kappa shape index (κ1) is 49.8. The van der Waals surface area contributed by atoms with Crippen LogP contribution in [0.25, 0.3) is 10.8 Å². The molecule has 8 rings (SSSR count). The Kier molecular flexibility index (Phi) is 15.6. The van der Waals surface area contributed by atoms with Gasteiger partial charge in [0, 0.05) is 48.9 Å². The lowest BCUT2D eigenvalue weighted by atomic mass is 9.55. The quantitative estimate of drug-likeness (QED) is 0.0329. The second kappa shape index (κ2) is 22.0. The highest BCUT2D eigenvalue weighted by Crippen LogP contribution is 2.62. The fraction of sp³-hybridized carbons (Fsp3) is 0.411. The second-order valence-electron chi connectivity index (χ2n) is 19.4. The highest BCUT2D eigenvalue weighted by Gasteiger charge is 2.66. The minimum atomic E-state index is -1.59. The molecule has 1 amide bonds. The molecule has 70 heavy (non-hydrogen) atoms. The fourth-order valence-corrected chi connectivity index (χ4v) is 10.5. The summed E-state index contributed by atoms with van der Waals surface area (Å²) >= 11 is 0. The van der Waals surface area contributed by atoms with Gasteiger partial charge < -0.3 is 34.0 Å². The molecule has 2 aliphatic carbocycles. The third-order valence-electron chi connectivity index (χ3n) is 13.5. The minimum Gasteiger partial charge on any atom is -0.487 e. The molecular weight excluding hydrogens is 889 g/mol. The number of unbranched alkanes of at least 4 members (excludes halogenated alkanes) is 2. The Bertz CT molecular complexity index is 2710. The number of aliphatic hydroxyl groups excluding tert-OH is 2. The second-order valence-corrected chi connectivity index (χ2v) is 19.4. The summed E-state index contributed by atoms with van der Waals surface area (Å²) in [6.07, 6.45) is 7.71. The highest BCUT2D eigenvalue weighted by atomic mass is 16.7. The first-order valence-corrected chi connectivity index (χ1v) is 24.3. The van der Waals surface area contributed by atoms with E-state index in [1.807, 2.05) is 100 Å². The highest BCUT2D eigenvalue weighted by molar-refractivity contribution is 6.03. The summed E-state index contributed by atoms with van der Waals surface area (Å²) in [5, 5.41) is 38.6. The van der Waals surface area contributed by atoms with Gasteiger partial charge in [0.2, 0.25) is 5.79 Å². The number of carbonyl (C=O) groups is 1. The number of aliphatic hydroxyl groups is 2. The number of non-ortho nitro benzene ring substituents is 1. The van der Waals surface area contributed by atoms with E-state index in [1.54, 1.807) is 11.0 Å². The van der Waals surface area contributed by atoms with Crippen LogP contribution in [-0.4, -0.2) is 74.1 Å². The number of nitro benzene ring substituents is 1. The molecule has 1 fully saturated rings. The number of ether oxygens (including phenoxy) is 4. The van der Waals surface area contributed by atoms with Gasteiger partial charge in [-0.3, -0.25) is 20.0 Å². The van der Waals surface area contributed by atoms with Crippen LogP contribution in [0, 0.1) is 34.8 Å². The molecule has 2 N–H and O–H groups in total. The molecule has 1 aliphatic heterocycles. The lowest BCUT2D eigenvalue weighted by Crippen LogP contribution is -2.70. The van der Waals surface area contributed by atoms with Gasteiger partial charge in [0.05, 0.1) is 35.4 Å². The Morgan fingerprint density at radius 2 is 1.69 bits per heavy atom. The predicted octanol–water partition coefficient (Wildman–Crippen LogP) is 11.2. The molecule has 5 aromatic rings. The van der Waals surface area contributed by atoms with Crippen molar-refractivity contribution in [3.63, 3.8) is 0 Å². The molecular formula is C56H64N4O10. The van der Waals surface area contributed by atoms with Gasteiger partial charge in [-0.2, -0.15) is 0 Å². The fourth-order valence-electron chi connectivity index (χ4n) is 10.5. The average Bonchev–Trinajstić information content (AvgIpc) is 3.34. The molecule has 0 radical (unpaired) electrons. The van der Waals surface area contributed by atoms with Crippen LogP contribution < -0.4 is 14.2 Å². The summed E-state index contributed by atoms with van der Waals surface area (Å²) in [7, 11) is 0. The molecule has 1 aromatic heterocycles. The number of benzene rings is 4. The molecule has 6 atom stereocenters. The zero-order chi connectivity index (χ0) is 49.4. The van der Waals surface area contributed by atoms with Crippen LogP contribution in [0.2, 0.25) is 0 Å². The number of allylic oxidation sites excluding steroid dienone is 1. The molecule has 0 unspecified atom stereocenters. The Hall–Kier alpha value is -6.61. The van der Waals surface area contributed by atoms with Crippen molar-refractivity contribution in [3.05, 3.63) is 160 Å². The van der Waals surface area contributed by atoms with Crippen molar-refractivity contribution < 1.29 is 43.7 Å². The number of nitro groups is 1. The van der Waals surface area contributed by atoms with E-state index in [0.29, 0.717) is 30.1 Å². The van der Waals surface area contributed by atoms with E-state index in [9.17, 15) is 20.3 Å². The largest absolute Gasteiger partial charge is 0.487 e. The molecule has 3 aliphatic rings. The van der Waals surface area contributed by atoms with Gasteiger partial charge in [-0.25, -0.2) is 4.79 Å². The first-order chi connectivity index (χ1) is 33.8. The number of rotatable bonds is 20. The van der Waals surface area contributed by atoms with E-state index < -0.39 is 34.4 Å². The molecule has 4 aromatic carbocycles. The van der Waals surface area contributed by atoms with Crippen molar-refractivity contribution in [3.8, 4) is 17.2 Å². The molecule has 368 valence electrons. The van der Waals surface area contributed by atoms with Crippen molar-refractivity contribution in [1.82, 2.24) is 9.88 Å². The number of carbonyl (C=O) groups excluding carboxylic acids is 1. The van der Waals surface area contributed by atoms with E-state index in [2.05, 4.69) is 23.7 Å². The van der Waals surface area contributed by atoms with Gasteiger partial charge in [0.25, 0.3) is 5.69 Å². The Balaban J connectivity index is 1.35. The smallest absolute Gasteiger partial charge is 0.416 e. The number of nitrogens with zero attached hydrogens (tertiary/aromatic N) is 4. The van der Waals surface area contributed by atoms with E-state index in [0.717, 1.165) is 64.5 Å². The van der Waals surface area contributed by atoms with Crippen molar-refractivity contribution in [1.29, 1.82) is 0 Å². The lowest BCUT2D eigenvalue weighted by molar-refractivity contribution is -0.384. The Labute approximate surface area is 409 Å². The van der Waals surface area contributed by atoms with Gasteiger partial charge >= 0.3 is 6.09 Å². The number of hydrogen-bond acceptors (Lipinski definition) is 12. The molecule has 0 bridgehead atoms. The van der Waals surface area contributed by atoms with Crippen LogP contribution in [0.4, 0.5) is 10.5 Å². The third-order valence-corrected chi connectivity index (χ3v) is 13.5. The number of pyridine rings is 1. The monoisotopic (exact) mass is 952 g/mol. The zero-order valence-electron chi connectivity index (χ0n) is 40.5. The summed E-state index contributed by atoms with van der Waals surface area (Å²) in [4.78, 5) is 39.1. The third kappa shape index (κ3) is 11.0. The summed E-state index contributed by atoms with van der Waals surface area (Å²) in [5.41, 5.74) is 4.13. The Morgan fingerprint density at radius 1 is 0.957 bits per heavy atom. The number of aromatic nitrogens is 1. The molecule has 1 saturated carbocycles. The number of oxime groups is 1. The maximum absolute atomic E-state index is 15.4. The van der Waals surface area contributed by atoms with Crippen LogP contribution in [0.15, 0.2) is 133 Å². The van der Waals surface area contributed by atoms with Gasteiger partial charge in [-0.1, -0.05) is 78.7 Å². The maximum atomic E-state index is 15.4. The number of hydrogen-bond donors (Lipinski definition) is 2. The molecule has 0 spiro atoms. The Morgan fingerprint density at radius 3 is 2.41 bits per heavy atom. The van der Waals surface area contributed by atoms with Crippen LogP contribution in [0.3, 0.4) is 0 Å². The topological polar surface area (TPSA) is 175 Å². The summed E-state index contributed by atoms with van der Waals surface area (Å²) in [6.45, 7) is 12.3. The van der Waals surface area contributed by atoms with E-state index in [4.69, 9.17) is 28.9 Å². The van der Waals surface area contributed by atoms with Crippen LogP contribution in [-0.2, 0) is 22.7 Å². The number of aryl methyl sites for hydroxylation is 1. The van der Waals surface area contributed by atoms with Crippen molar-refractivity contribution in [2.45, 2.75) is 109 Å². The normalized spacial score (nSPS) is 22.0. The molecule has 14 heteroatoms. The maximum Gasteiger partial charge on any atom is 0.416 e. The predicted molar refractivity (Wildman–Crippen MR) is 268 cm³/mol. The van der Waals surface area contributed by atoms with Gasteiger partial charge in [0.1, 0.15) is 35.5 Å². The molecule has 14 nitrogen and oxygen atoms in total. The molecule has 0 saturated heterocycles. The van der Waals surface area contributed by atoms with Crippen LogP contribution in [0.5, 0.6) is 17.2 Å². The zero-order valence-corrected chi connectivity index (χ0v) is 40.5. The minimum absolute atomic E-state index is 0.0147. The molecule has 2 heterocycles. The van der Waals surface area contributed by atoms with Crippen LogP contribution >= 0.6 is 0 Å². The van der Waals surface area contributed by atoms with E-state index >= 15 is 4.79 Å². The first-order valence-electron chi connectivity index (χ1n) is 24.3. The average molecular weight is 953 g/mol. The van der Waals surface area contributed by atoms with Gasteiger partial charge in [0.15, 0.2) is 0 Å². The van der Waals surface area contributed by atoms with Gasteiger partial charge in [-0.15, -0.1) is 6.58 Å². The SMILES string of the molecule is C=CCO[C@@]12Oc3ccc(OCc4cccc(C)n4)cc3[C@H]3[C@H](CCCCO)[C@@H](CCCCO)C=C(C(=NOC(C)(C)C)C[C@@H]1N(Cc1cccc4ccccc14)C(=O)Oc1ccc([N+](=O)[O-])cc1)[C@H]32. The standard InChI is InChI=1S/C56H64N4O10/c1-6-31-67-56-51(59(35-40-19-14-18-38-16-7-8-21-45(38)40)54(63)68-43-25-23-42(24-26-43)60(64)65)34-49(58-70-55(3,4)5)47-32-39(17-9-11-29-61)46(22-10-12-30-62)52(53(47)56)48-33-44(27-28-50(48)69-56)66-36-41-20-13-15-37(2)57-41/h6-8,13-16,18-21,23-28,32-33,39,46,51-53,61-62H,1,9-12,17,22,29-31,34-36H2,2-5H3/t39-,46+,51-,52+,53+,56+/m0/s1. The van der Waals surface area contributed by atoms with E-state index in [1.165, 1.54) is 24.3 Å². The van der Waals surface area contributed by atoms with Crippen molar-refractivity contribution in [2.24, 2.45) is 22.9 Å². The summed E-state index contributed by atoms with van der Waals surface area (Å²) in [5.74, 6) is -1.17. The number of amides is 1. The summed E-state index contributed by atoms with van der Waals surface area (Å²) < 4.78 is 27.4. The lowest BCUT2D eigenvalue weighted by Gasteiger charge is -2.60. The van der Waals surface area contributed by atoms with Crippen LogP contribution in [0.1, 0.15) is 94.1 Å². The van der Waals surface area contributed by atoms with Crippen molar-refractivity contribution >= 4 is 28.3 Å².